The Kier molecular flexibility index (Phi) is 10.5. The normalized spacial score (nSPS) is 11.5. The van der Waals surface area contributed by atoms with Crippen LogP contribution in [0.15, 0.2) is 42.5 Å². The van der Waals surface area contributed by atoms with E-state index in [1.165, 1.54) is 0 Å². The number of benzene rings is 2. The first-order valence-electron chi connectivity index (χ1n) is 11.4. The molecule has 0 saturated heterocycles. The lowest BCUT2D eigenvalue weighted by molar-refractivity contribution is -0.143. The monoisotopic (exact) mass is 472 g/mol. The molecule has 1 N–H and O–H groups in total. The first-order valence-corrected chi connectivity index (χ1v) is 11.4. The molecule has 2 amide bonds. The number of carbonyl (C=O) groups excluding carboxylic acids is 2. The van der Waals surface area contributed by atoms with Crippen molar-refractivity contribution < 1.29 is 28.5 Å². The Morgan fingerprint density at radius 1 is 0.882 bits per heavy atom. The molecule has 2 rings (SSSR count). The van der Waals surface area contributed by atoms with Crippen molar-refractivity contribution in [1.29, 1.82) is 0 Å². The van der Waals surface area contributed by atoms with Crippen LogP contribution in [0.2, 0.25) is 0 Å². The Bertz CT molecular complexity index is 907. The van der Waals surface area contributed by atoms with Gasteiger partial charge in [-0.25, -0.2) is 0 Å². The van der Waals surface area contributed by atoms with Gasteiger partial charge in [0, 0.05) is 31.3 Å². The molecule has 0 saturated carbocycles. The van der Waals surface area contributed by atoms with Gasteiger partial charge in [-0.2, -0.15) is 0 Å². The fourth-order valence-corrected chi connectivity index (χ4v) is 3.36. The number of carbonyl (C=O) groups is 2. The summed E-state index contributed by atoms with van der Waals surface area (Å²) in [6.45, 7) is 6.51. The second-order valence-corrected chi connectivity index (χ2v) is 8.27. The van der Waals surface area contributed by atoms with E-state index >= 15 is 0 Å². The minimum Gasteiger partial charge on any atom is -0.497 e. The fraction of sp³-hybridized carbons (Fsp3) is 0.462. The van der Waals surface area contributed by atoms with Gasteiger partial charge in [0.15, 0.2) is 6.61 Å². The third kappa shape index (κ3) is 7.86. The molecule has 34 heavy (non-hydrogen) atoms. The number of ether oxygens (including phenoxy) is 4. The molecule has 0 spiro atoms. The third-order valence-corrected chi connectivity index (χ3v) is 5.27. The number of nitrogens with one attached hydrogen (secondary N) is 1. The molecule has 2 aromatic carbocycles. The SMILES string of the molecule is CC[C@@H](C(=O)NCC(C)C)N(Cc1ccc(OC)cc1)C(=O)COc1cc(OC)cc(OC)c1. The Hall–Kier alpha value is -3.42. The summed E-state index contributed by atoms with van der Waals surface area (Å²) < 4.78 is 21.5. The van der Waals surface area contributed by atoms with Gasteiger partial charge in [0.25, 0.3) is 5.91 Å². The Balaban J connectivity index is 2.23. The highest BCUT2D eigenvalue weighted by atomic mass is 16.5. The topological polar surface area (TPSA) is 86.3 Å². The zero-order valence-electron chi connectivity index (χ0n) is 20.9. The van der Waals surface area contributed by atoms with Crippen LogP contribution in [-0.4, -0.2) is 57.2 Å². The molecule has 0 aliphatic carbocycles. The highest BCUT2D eigenvalue weighted by Gasteiger charge is 2.29. The fourth-order valence-electron chi connectivity index (χ4n) is 3.36. The second-order valence-electron chi connectivity index (χ2n) is 8.27. The molecular weight excluding hydrogens is 436 g/mol. The quantitative estimate of drug-likeness (QED) is 0.479. The van der Waals surface area contributed by atoms with Crippen LogP contribution in [-0.2, 0) is 16.1 Å². The van der Waals surface area contributed by atoms with Crippen LogP contribution < -0.4 is 24.3 Å². The second kappa shape index (κ2) is 13.3. The third-order valence-electron chi connectivity index (χ3n) is 5.27. The maximum absolute atomic E-state index is 13.3. The summed E-state index contributed by atoms with van der Waals surface area (Å²) in [6.07, 6.45) is 0.471. The molecule has 8 nitrogen and oxygen atoms in total. The molecule has 0 radical (unpaired) electrons. The van der Waals surface area contributed by atoms with Crippen molar-refractivity contribution in [3.8, 4) is 23.0 Å². The molecule has 1 atom stereocenters. The maximum atomic E-state index is 13.3. The molecule has 0 unspecified atom stereocenters. The number of hydrogen-bond acceptors (Lipinski definition) is 6. The Morgan fingerprint density at radius 3 is 1.94 bits per heavy atom. The maximum Gasteiger partial charge on any atom is 0.261 e. The summed E-state index contributed by atoms with van der Waals surface area (Å²) in [6, 6.07) is 11.9. The van der Waals surface area contributed by atoms with Crippen LogP contribution in [0.3, 0.4) is 0 Å². The molecule has 0 heterocycles. The summed E-state index contributed by atoms with van der Waals surface area (Å²) >= 11 is 0. The first-order chi connectivity index (χ1) is 16.3. The molecule has 8 heteroatoms. The average Bonchev–Trinajstić information content (AvgIpc) is 2.85. The number of rotatable bonds is 13. The summed E-state index contributed by atoms with van der Waals surface area (Å²) in [5.41, 5.74) is 0.882. The van der Waals surface area contributed by atoms with Crippen molar-refractivity contribution in [2.75, 3.05) is 34.5 Å². The highest BCUT2D eigenvalue weighted by Crippen LogP contribution is 2.27. The van der Waals surface area contributed by atoms with E-state index in [2.05, 4.69) is 5.32 Å². The Labute approximate surface area is 202 Å². The summed E-state index contributed by atoms with van der Waals surface area (Å²) in [7, 11) is 4.69. The predicted molar refractivity (Wildman–Crippen MR) is 131 cm³/mol. The van der Waals surface area contributed by atoms with Gasteiger partial charge in [-0.1, -0.05) is 32.9 Å². The van der Waals surface area contributed by atoms with Crippen LogP contribution >= 0.6 is 0 Å². The van der Waals surface area contributed by atoms with Crippen LogP contribution in [0.4, 0.5) is 0 Å². The summed E-state index contributed by atoms with van der Waals surface area (Å²) in [4.78, 5) is 27.9. The van der Waals surface area contributed by atoms with Crippen LogP contribution in [0.25, 0.3) is 0 Å². The van der Waals surface area contributed by atoms with E-state index in [9.17, 15) is 9.59 Å². The molecule has 0 fully saturated rings. The van der Waals surface area contributed by atoms with Gasteiger partial charge in [0.05, 0.1) is 21.3 Å². The van der Waals surface area contributed by atoms with Crippen LogP contribution in [0.1, 0.15) is 32.8 Å². The van der Waals surface area contributed by atoms with Gasteiger partial charge >= 0.3 is 0 Å². The van der Waals surface area contributed by atoms with Gasteiger partial charge in [0.1, 0.15) is 29.0 Å². The first kappa shape index (κ1) is 26.8. The average molecular weight is 473 g/mol. The van der Waals surface area contributed by atoms with Crippen molar-refractivity contribution >= 4 is 11.8 Å². The van der Waals surface area contributed by atoms with E-state index in [-0.39, 0.29) is 25.0 Å². The lowest BCUT2D eigenvalue weighted by Gasteiger charge is -2.31. The minimum atomic E-state index is -0.628. The summed E-state index contributed by atoms with van der Waals surface area (Å²) in [5, 5.41) is 2.95. The van der Waals surface area contributed by atoms with Crippen molar-refractivity contribution in [3.63, 3.8) is 0 Å². The molecule has 2 aromatic rings. The van der Waals surface area contributed by atoms with Crippen molar-refractivity contribution in [3.05, 3.63) is 48.0 Å². The smallest absolute Gasteiger partial charge is 0.261 e. The van der Waals surface area contributed by atoms with Gasteiger partial charge in [-0.05, 0) is 30.0 Å². The van der Waals surface area contributed by atoms with E-state index in [1.807, 2.05) is 45.0 Å². The van der Waals surface area contributed by atoms with E-state index in [0.29, 0.717) is 36.1 Å². The Morgan fingerprint density at radius 2 is 1.44 bits per heavy atom. The minimum absolute atomic E-state index is 0.180. The van der Waals surface area contributed by atoms with Gasteiger partial charge in [0.2, 0.25) is 5.91 Å². The molecule has 0 aliphatic rings. The number of hydrogen-bond donors (Lipinski definition) is 1. The van der Waals surface area contributed by atoms with E-state index in [1.54, 1.807) is 44.4 Å². The van der Waals surface area contributed by atoms with Gasteiger partial charge < -0.3 is 29.2 Å². The standard InChI is InChI=1S/C26H36N2O6/c1-7-24(26(30)27-15-18(2)3)28(16-19-8-10-20(31-4)11-9-19)25(29)17-34-23-13-21(32-5)12-22(14-23)33-6/h8-14,18,24H,7,15-17H2,1-6H3,(H,27,30)/t24-/m0/s1. The number of amides is 2. The molecule has 0 bridgehead atoms. The zero-order chi connectivity index (χ0) is 25.1. The largest absolute Gasteiger partial charge is 0.497 e. The number of nitrogens with zero attached hydrogens (tertiary/aromatic N) is 1. The predicted octanol–water partition coefficient (Wildman–Crippen LogP) is 3.67. The molecular formula is C26H36N2O6. The lowest BCUT2D eigenvalue weighted by atomic mass is 10.1. The van der Waals surface area contributed by atoms with Crippen molar-refractivity contribution in [2.45, 2.75) is 39.8 Å². The van der Waals surface area contributed by atoms with Gasteiger partial charge in [-0.3, -0.25) is 9.59 Å². The lowest BCUT2D eigenvalue weighted by Crippen LogP contribution is -2.50. The molecule has 0 aliphatic heterocycles. The molecule has 186 valence electrons. The van der Waals surface area contributed by atoms with E-state index in [4.69, 9.17) is 18.9 Å². The van der Waals surface area contributed by atoms with E-state index < -0.39 is 6.04 Å². The van der Waals surface area contributed by atoms with Crippen molar-refractivity contribution in [2.24, 2.45) is 5.92 Å². The zero-order valence-corrected chi connectivity index (χ0v) is 20.9. The van der Waals surface area contributed by atoms with Crippen LogP contribution in [0, 0.1) is 5.92 Å². The van der Waals surface area contributed by atoms with E-state index in [0.717, 1.165) is 11.3 Å². The van der Waals surface area contributed by atoms with Crippen molar-refractivity contribution in [1.82, 2.24) is 10.2 Å². The van der Waals surface area contributed by atoms with Gasteiger partial charge in [-0.15, -0.1) is 0 Å². The van der Waals surface area contributed by atoms with Crippen LogP contribution in [0.5, 0.6) is 23.0 Å². The number of methoxy groups -OCH3 is 3. The highest BCUT2D eigenvalue weighted by molar-refractivity contribution is 5.88. The molecule has 0 aromatic heterocycles. The summed E-state index contributed by atoms with van der Waals surface area (Å²) in [5.74, 6) is 2.08.